The highest BCUT2D eigenvalue weighted by Gasteiger charge is 2.24. The fraction of sp³-hybridized carbons (Fsp3) is 0.875. The number of amides is 1. The molecule has 5 heteroatoms. The summed E-state index contributed by atoms with van der Waals surface area (Å²) in [7, 11) is 1.62. The van der Waals surface area contributed by atoms with Crippen molar-refractivity contribution in [2.75, 3.05) is 40.0 Å². The van der Waals surface area contributed by atoms with Crippen molar-refractivity contribution in [1.82, 2.24) is 4.90 Å². The second-order valence-electron chi connectivity index (χ2n) is 3.00. The SMILES string of the molecule is COCCN1CC(CN)OCC1=O. The van der Waals surface area contributed by atoms with Gasteiger partial charge < -0.3 is 20.1 Å². The highest BCUT2D eigenvalue weighted by molar-refractivity contribution is 5.78. The molecule has 1 atom stereocenters. The zero-order valence-corrected chi connectivity index (χ0v) is 7.86. The fourth-order valence-electron chi connectivity index (χ4n) is 1.24. The van der Waals surface area contributed by atoms with E-state index in [1.54, 1.807) is 12.0 Å². The van der Waals surface area contributed by atoms with E-state index in [0.717, 1.165) is 0 Å². The number of hydrogen-bond donors (Lipinski definition) is 1. The van der Waals surface area contributed by atoms with E-state index in [0.29, 0.717) is 26.2 Å². The summed E-state index contributed by atoms with van der Waals surface area (Å²) in [5.41, 5.74) is 5.45. The highest BCUT2D eigenvalue weighted by Crippen LogP contribution is 2.04. The second kappa shape index (κ2) is 5.16. The molecule has 1 aliphatic rings. The molecule has 0 radical (unpaired) electrons. The zero-order valence-electron chi connectivity index (χ0n) is 7.86. The molecule has 1 unspecified atom stereocenters. The highest BCUT2D eigenvalue weighted by atomic mass is 16.5. The summed E-state index contributed by atoms with van der Waals surface area (Å²) in [6.45, 7) is 2.36. The Labute approximate surface area is 77.8 Å². The van der Waals surface area contributed by atoms with Gasteiger partial charge >= 0.3 is 0 Å². The van der Waals surface area contributed by atoms with Crippen LogP contribution < -0.4 is 5.73 Å². The number of nitrogens with zero attached hydrogens (tertiary/aromatic N) is 1. The van der Waals surface area contributed by atoms with E-state index in [1.807, 2.05) is 0 Å². The summed E-state index contributed by atoms with van der Waals surface area (Å²) in [6, 6.07) is 0. The third kappa shape index (κ3) is 2.95. The number of hydrogen-bond acceptors (Lipinski definition) is 4. The predicted octanol–water partition coefficient (Wildman–Crippen LogP) is -1.18. The third-order valence-electron chi connectivity index (χ3n) is 2.05. The largest absolute Gasteiger partial charge is 0.383 e. The molecule has 0 aliphatic carbocycles. The first-order valence-corrected chi connectivity index (χ1v) is 4.36. The number of carbonyl (C=O) groups is 1. The van der Waals surface area contributed by atoms with Gasteiger partial charge in [0.05, 0.1) is 12.7 Å². The minimum absolute atomic E-state index is 0.0155. The van der Waals surface area contributed by atoms with Gasteiger partial charge in [0.1, 0.15) is 6.61 Å². The van der Waals surface area contributed by atoms with Crippen molar-refractivity contribution in [3.63, 3.8) is 0 Å². The van der Waals surface area contributed by atoms with Gasteiger partial charge in [0.25, 0.3) is 0 Å². The molecule has 0 bridgehead atoms. The molecule has 76 valence electrons. The summed E-state index contributed by atoms with van der Waals surface area (Å²) >= 11 is 0. The van der Waals surface area contributed by atoms with Crippen LogP contribution in [0, 0.1) is 0 Å². The average Bonchev–Trinajstić information content (AvgIpc) is 2.17. The quantitative estimate of drug-likeness (QED) is 0.603. The first-order chi connectivity index (χ1) is 6.27. The van der Waals surface area contributed by atoms with E-state index in [2.05, 4.69) is 0 Å². The molecule has 1 amide bonds. The van der Waals surface area contributed by atoms with Crippen LogP contribution in [0.1, 0.15) is 0 Å². The first kappa shape index (κ1) is 10.4. The standard InChI is InChI=1S/C8H16N2O3/c1-12-3-2-10-5-7(4-9)13-6-8(10)11/h7H,2-6,9H2,1H3. The van der Waals surface area contributed by atoms with Gasteiger partial charge in [0.2, 0.25) is 5.91 Å². The minimum Gasteiger partial charge on any atom is -0.383 e. The molecule has 13 heavy (non-hydrogen) atoms. The Morgan fingerprint density at radius 1 is 1.77 bits per heavy atom. The lowest BCUT2D eigenvalue weighted by Crippen LogP contribution is -2.50. The number of nitrogens with two attached hydrogens (primary N) is 1. The first-order valence-electron chi connectivity index (χ1n) is 4.36. The molecule has 1 rings (SSSR count). The normalized spacial score (nSPS) is 23.7. The van der Waals surface area contributed by atoms with Gasteiger partial charge in [-0.25, -0.2) is 0 Å². The van der Waals surface area contributed by atoms with Gasteiger partial charge in [-0.05, 0) is 0 Å². The summed E-state index contributed by atoms with van der Waals surface area (Å²) in [5, 5.41) is 0. The second-order valence-corrected chi connectivity index (χ2v) is 3.00. The maximum Gasteiger partial charge on any atom is 0.248 e. The van der Waals surface area contributed by atoms with Crippen LogP contribution in [0.2, 0.25) is 0 Å². The molecule has 0 aromatic carbocycles. The zero-order chi connectivity index (χ0) is 9.68. The maximum absolute atomic E-state index is 11.3. The number of morpholine rings is 1. The summed E-state index contributed by atoms with van der Waals surface area (Å²) in [4.78, 5) is 13.0. The molecule has 2 N–H and O–H groups in total. The smallest absolute Gasteiger partial charge is 0.248 e. The average molecular weight is 188 g/mol. The Hall–Kier alpha value is -0.650. The van der Waals surface area contributed by atoms with E-state index in [4.69, 9.17) is 15.2 Å². The molecule has 5 nitrogen and oxygen atoms in total. The minimum atomic E-state index is -0.0189. The molecular formula is C8H16N2O3. The molecule has 1 aliphatic heterocycles. The van der Waals surface area contributed by atoms with Gasteiger partial charge in [-0.1, -0.05) is 0 Å². The van der Waals surface area contributed by atoms with Crippen molar-refractivity contribution >= 4 is 5.91 Å². The summed E-state index contributed by atoms with van der Waals surface area (Å²) in [6.07, 6.45) is -0.0189. The van der Waals surface area contributed by atoms with Gasteiger partial charge in [0.15, 0.2) is 0 Å². The molecule has 0 aromatic rings. The molecular weight excluding hydrogens is 172 g/mol. The molecule has 1 heterocycles. The van der Waals surface area contributed by atoms with Gasteiger partial charge in [-0.2, -0.15) is 0 Å². The van der Waals surface area contributed by atoms with Crippen LogP contribution in [0.4, 0.5) is 0 Å². The van der Waals surface area contributed by atoms with Crippen molar-refractivity contribution in [1.29, 1.82) is 0 Å². The Kier molecular flexibility index (Phi) is 4.14. The van der Waals surface area contributed by atoms with Gasteiger partial charge in [-0.3, -0.25) is 4.79 Å². The third-order valence-corrected chi connectivity index (χ3v) is 2.05. The van der Waals surface area contributed by atoms with E-state index in [1.165, 1.54) is 0 Å². The topological polar surface area (TPSA) is 64.8 Å². The van der Waals surface area contributed by atoms with Crippen LogP contribution in [0.5, 0.6) is 0 Å². The van der Waals surface area contributed by atoms with Crippen molar-refractivity contribution < 1.29 is 14.3 Å². The van der Waals surface area contributed by atoms with Crippen LogP contribution in [0.25, 0.3) is 0 Å². The van der Waals surface area contributed by atoms with E-state index < -0.39 is 0 Å². The number of carbonyl (C=O) groups excluding carboxylic acids is 1. The Bertz CT molecular complexity index is 175. The van der Waals surface area contributed by atoms with Crippen molar-refractivity contribution in [2.45, 2.75) is 6.10 Å². The molecule has 0 saturated carbocycles. The predicted molar refractivity (Wildman–Crippen MR) is 47.3 cm³/mol. The van der Waals surface area contributed by atoms with Crippen LogP contribution in [-0.4, -0.2) is 56.9 Å². The Balaban J connectivity index is 2.36. The Morgan fingerprint density at radius 2 is 2.54 bits per heavy atom. The van der Waals surface area contributed by atoms with Crippen molar-refractivity contribution in [3.05, 3.63) is 0 Å². The number of methoxy groups -OCH3 is 1. The van der Waals surface area contributed by atoms with E-state index in [9.17, 15) is 4.79 Å². The lowest BCUT2D eigenvalue weighted by Gasteiger charge is -2.31. The van der Waals surface area contributed by atoms with E-state index in [-0.39, 0.29) is 18.6 Å². The van der Waals surface area contributed by atoms with E-state index >= 15 is 0 Å². The van der Waals surface area contributed by atoms with Gasteiger partial charge in [-0.15, -0.1) is 0 Å². The lowest BCUT2D eigenvalue weighted by molar-refractivity contribution is -0.149. The van der Waals surface area contributed by atoms with Crippen LogP contribution in [-0.2, 0) is 14.3 Å². The summed E-state index contributed by atoms with van der Waals surface area (Å²) < 4.78 is 10.1. The van der Waals surface area contributed by atoms with Crippen LogP contribution in [0.15, 0.2) is 0 Å². The van der Waals surface area contributed by atoms with Gasteiger partial charge in [0, 0.05) is 26.7 Å². The lowest BCUT2D eigenvalue weighted by atomic mass is 10.2. The van der Waals surface area contributed by atoms with Crippen LogP contribution in [0.3, 0.4) is 0 Å². The molecule has 0 spiro atoms. The fourth-order valence-corrected chi connectivity index (χ4v) is 1.24. The maximum atomic E-state index is 11.3. The molecule has 0 aromatic heterocycles. The van der Waals surface area contributed by atoms with Crippen molar-refractivity contribution in [2.24, 2.45) is 5.73 Å². The molecule has 1 saturated heterocycles. The Morgan fingerprint density at radius 3 is 3.15 bits per heavy atom. The number of ether oxygens (including phenoxy) is 2. The monoisotopic (exact) mass is 188 g/mol. The van der Waals surface area contributed by atoms with Crippen molar-refractivity contribution in [3.8, 4) is 0 Å². The number of rotatable bonds is 4. The van der Waals surface area contributed by atoms with Crippen LogP contribution >= 0.6 is 0 Å². The molecule has 1 fully saturated rings. The summed E-state index contributed by atoms with van der Waals surface area (Å²) in [5.74, 6) is 0.0155.